The van der Waals surface area contributed by atoms with Crippen molar-refractivity contribution in [3.8, 4) is 17.6 Å². The third-order valence-corrected chi connectivity index (χ3v) is 11.1. The van der Waals surface area contributed by atoms with E-state index in [0.29, 0.717) is 29.3 Å². The van der Waals surface area contributed by atoms with Crippen LogP contribution in [0.5, 0.6) is 11.5 Å². The second-order valence-corrected chi connectivity index (χ2v) is 14.5. The summed E-state index contributed by atoms with van der Waals surface area (Å²) >= 11 is 0. The zero-order valence-corrected chi connectivity index (χ0v) is 30.2. The Hall–Kier alpha value is -5.77. The maximum atomic E-state index is 15.1. The fourth-order valence-electron chi connectivity index (χ4n) is 8.03. The van der Waals surface area contributed by atoms with E-state index >= 15 is 4.39 Å². The molecule has 2 saturated heterocycles. The first-order chi connectivity index (χ1) is 26.3. The molecule has 1 amide bonds. The topological polar surface area (TPSA) is 130 Å². The van der Waals surface area contributed by atoms with E-state index in [-0.39, 0.29) is 29.1 Å². The highest BCUT2D eigenvalue weighted by Crippen LogP contribution is 2.49. The summed E-state index contributed by atoms with van der Waals surface area (Å²) in [7, 11) is 0. The summed E-state index contributed by atoms with van der Waals surface area (Å²) < 4.78 is 35.8. The molecule has 0 saturated carbocycles. The van der Waals surface area contributed by atoms with Crippen molar-refractivity contribution < 1.29 is 23.4 Å². The number of halogens is 1. The monoisotopic (exact) mass is 725 g/mol. The van der Waals surface area contributed by atoms with Gasteiger partial charge in [-0.25, -0.2) is 9.37 Å². The van der Waals surface area contributed by atoms with Crippen molar-refractivity contribution in [1.82, 2.24) is 24.6 Å². The van der Waals surface area contributed by atoms with Crippen LogP contribution in [0.1, 0.15) is 77.6 Å². The predicted molar refractivity (Wildman–Crippen MR) is 201 cm³/mol. The number of nitriles is 1. The van der Waals surface area contributed by atoms with Gasteiger partial charge in [-0.05, 0) is 105 Å². The molecule has 0 aliphatic carbocycles. The molecule has 2 unspecified atom stereocenters. The number of piperidine rings is 1. The van der Waals surface area contributed by atoms with E-state index in [1.54, 1.807) is 19.1 Å². The number of imidazole rings is 1. The number of para-hydroxylation sites is 1. The van der Waals surface area contributed by atoms with Gasteiger partial charge in [0, 0.05) is 35.7 Å². The summed E-state index contributed by atoms with van der Waals surface area (Å²) in [6.45, 7) is 7.67. The SMILES string of the molecule is CCc1n[nH]c2ccc(C(=O)Nc3ccc4c(c3)nc(CN3CCC(c5cccc6c5OC(C)(c5ccc(C#N)cc5F)O6)CC3)n4CC3CCO3)cc12. The first kappa shape index (κ1) is 34.0. The van der Waals surface area contributed by atoms with Crippen LogP contribution in [-0.4, -0.2) is 56.4 Å². The number of carbonyl (C=O) groups is 1. The molecule has 2 fully saturated rings. The lowest BCUT2D eigenvalue weighted by Crippen LogP contribution is -2.35. The number of nitrogens with zero attached hydrogens (tertiary/aromatic N) is 5. The van der Waals surface area contributed by atoms with Gasteiger partial charge in [-0.1, -0.05) is 19.1 Å². The number of anilines is 1. The standard InChI is InChI=1S/C42H40FN7O4/c1-3-34-31-20-27(8-11-35(31)48-47-34)41(51)45-28-9-12-37-36(21-28)46-39(50(37)23-29-15-18-52-29)24-49-16-13-26(14-17-49)30-5-4-6-38-40(30)54-42(2,53-38)32-10-7-25(22-44)19-33(32)43/h4-12,19-21,26,29H,3,13-18,23-24H2,1-2H3,(H,45,51)(H,47,48). The first-order valence-electron chi connectivity index (χ1n) is 18.6. The highest BCUT2D eigenvalue weighted by Gasteiger charge is 2.43. The smallest absolute Gasteiger partial charge is 0.278 e. The average Bonchev–Trinajstić information content (AvgIpc) is 3.85. The van der Waals surface area contributed by atoms with Gasteiger partial charge in [0.25, 0.3) is 11.7 Å². The predicted octanol–water partition coefficient (Wildman–Crippen LogP) is 7.55. The van der Waals surface area contributed by atoms with E-state index in [4.69, 9.17) is 19.2 Å². The van der Waals surface area contributed by atoms with E-state index < -0.39 is 11.6 Å². The number of H-pyrrole nitrogens is 1. The normalized spacial score (nSPS) is 19.9. The number of likely N-dealkylation sites (tertiary alicyclic amines) is 1. The van der Waals surface area contributed by atoms with Gasteiger partial charge in [0.05, 0.1) is 58.6 Å². The van der Waals surface area contributed by atoms with E-state index in [0.717, 1.165) is 90.9 Å². The highest BCUT2D eigenvalue weighted by molar-refractivity contribution is 6.07. The molecule has 0 radical (unpaired) electrons. The Morgan fingerprint density at radius 3 is 2.69 bits per heavy atom. The largest absolute Gasteiger partial charge is 0.444 e. The number of rotatable bonds is 9. The van der Waals surface area contributed by atoms with Crippen LogP contribution in [0.15, 0.2) is 72.8 Å². The van der Waals surface area contributed by atoms with Crippen molar-refractivity contribution in [1.29, 1.82) is 5.26 Å². The lowest BCUT2D eigenvalue weighted by atomic mass is 9.88. The van der Waals surface area contributed by atoms with Crippen molar-refractivity contribution in [2.75, 3.05) is 25.0 Å². The third-order valence-electron chi connectivity index (χ3n) is 11.1. The molecule has 9 rings (SSSR count). The maximum absolute atomic E-state index is 15.1. The van der Waals surface area contributed by atoms with Gasteiger partial charge in [-0.2, -0.15) is 10.4 Å². The number of aromatic amines is 1. The molecule has 3 aliphatic heterocycles. The zero-order valence-electron chi connectivity index (χ0n) is 30.2. The molecule has 12 heteroatoms. The number of fused-ring (bicyclic) bond motifs is 3. The van der Waals surface area contributed by atoms with Crippen LogP contribution in [0.25, 0.3) is 21.9 Å². The second kappa shape index (κ2) is 13.6. The van der Waals surface area contributed by atoms with Gasteiger partial charge in [0.1, 0.15) is 11.6 Å². The second-order valence-electron chi connectivity index (χ2n) is 14.5. The summed E-state index contributed by atoms with van der Waals surface area (Å²) in [5.74, 6) is 0.396. The van der Waals surface area contributed by atoms with E-state index in [9.17, 15) is 10.1 Å². The molecule has 54 heavy (non-hydrogen) atoms. The molecule has 3 aliphatic rings. The number of aryl methyl sites for hydroxylation is 1. The van der Waals surface area contributed by atoms with Gasteiger partial charge in [-0.15, -0.1) is 0 Å². The summed E-state index contributed by atoms with van der Waals surface area (Å²) in [6, 6.07) is 23.7. The van der Waals surface area contributed by atoms with Crippen molar-refractivity contribution in [2.24, 2.45) is 0 Å². The number of carbonyl (C=O) groups excluding carboxylic acids is 1. The van der Waals surface area contributed by atoms with Crippen LogP contribution in [0.4, 0.5) is 10.1 Å². The number of ether oxygens (including phenoxy) is 3. The zero-order chi connectivity index (χ0) is 37.0. The maximum Gasteiger partial charge on any atom is 0.278 e. The number of amides is 1. The van der Waals surface area contributed by atoms with Crippen molar-refractivity contribution in [2.45, 2.75) is 70.4 Å². The van der Waals surface area contributed by atoms with Gasteiger partial charge >= 0.3 is 0 Å². The number of hydrogen-bond donors (Lipinski definition) is 2. The molecule has 2 atom stereocenters. The van der Waals surface area contributed by atoms with Crippen LogP contribution < -0.4 is 14.8 Å². The Balaban J connectivity index is 0.905. The molecular weight excluding hydrogens is 686 g/mol. The van der Waals surface area contributed by atoms with Gasteiger partial charge in [-0.3, -0.25) is 14.8 Å². The molecule has 4 aromatic carbocycles. The van der Waals surface area contributed by atoms with E-state index in [2.05, 4.69) is 31.0 Å². The molecule has 5 heterocycles. The molecule has 274 valence electrons. The Labute approximate surface area is 311 Å². The van der Waals surface area contributed by atoms with E-state index in [1.165, 1.54) is 6.07 Å². The molecule has 11 nitrogen and oxygen atoms in total. The number of nitrogens with one attached hydrogen (secondary N) is 2. The van der Waals surface area contributed by atoms with Gasteiger partial charge in [0.15, 0.2) is 11.5 Å². The van der Waals surface area contributed by atoms with Gasteiger partial charge < -0.3 is 24.1 Å². The van der Waals surface area contributed by atoms with Crippen LogP contribution in [-0.2, 0) is 30.0 Å². The lowest BCUT2D eigenvalue weighted by Gasteiger charge is -2.33. The Morgan fingerprint density at radius 2 is 1.93 bits per heavy atom. The summed E-state index contributed by atoms with van der Waals surface area (Å²) in [5, 5.41) is 20.6. The van der Waals surface area contributed by atoms with Crippen LogP contribution in [0, 0.1) is 17.1 Å². The molecule has 2 N–H and O–H groups in total. The van der Waals surface area contributed by atoms with Crippen molar-refractivity contribution >= 4 is 33.5 Å². The first-order valence-corrected chi connectivity index (χ1v) is 18.6. The molecule has 6 aromatic rings. The molecule has 0 bridgehead atoms. The van der Waals surface area contributed by atoms with Crippen LogP contribution >= 0.6 is 0 Å². The Bertz CT molecular complexity index is 2460. The number of aromatic nitrogens is 4. The molecular formula is C42H40FN7O4. The van der Waals surface area contributed by atoms with Crippen molar-refractivity contribution in [3.63, 3.8) is 0 Å². The summed E-state index contributed by atoms with van der Waals surface area (Å²) in [4.78, 5) is 20.9. The Morgan fingerprint density at radius 1 is 1.07 bits per heavy atom. The summed E-state index contributed by atoms with van der Waals surface area (Å²) in [6.07, 6.45) is 3.77. The quantitative estimate of drug-likeness (QED) is 0.156. The third kappa shape index (κ3) is 6.13. The molecule has 2 aromatic heterocycles. The fourth-order valence-corrected chi connectivity index (χ4v) is 8.03. The minimum atomic E-state index is -1.34. The van der Waals surface area contributed by atoms with E-state index in [1.807, 2.05) is 61.5 Å². The minimum absolute atomic E-state index is 0.156. The minimum Gasteiger partial charge on any atom is -0.444 e. The lowest BCUT2D eigenvalue weighted by molar-refractivity contribution is -0.0712. The summed E-state index contributed by atoms with van der Waals surface area (Å²) in [5.41, 5.74) is 6.51. The molecule has 0 spiro atoms. The van der Waals surface area contributed by atoms with Crippen LogP contribution in [0.2, 0.25) is 0 Å². The van der Waals surface area contributed by atoms with Crippen molar-refractivity contribution in [3.05, 3.63) is 112 Å². The Kier molecular flexibility index (Phi) is 8.55. The highest BCUT2D eigenvalue weighted by atomic mass is 19.1. The average molecular weight is 726 g/mol. The fraction of sp³-hybridized carbons (Fsp3) is 0.333. The van der Waals surface area contributed by atoms with Gasteiger partial charge in [0.2, 0.25) is 0 Å². The number of hydrogen-bond acceptors (Lipinski definition) is 8. The van der Waals surface area contributed by atoms with Crippen LogP contribution in [0.3, 0.4) is 0 Å². The number of benzene rings is 4.